The van der Waals surface area contributed by atoms with Gasteiger partial charge in [0.15, 0.2) is 0 Å². The number of rotatable bonds is 3. The topological polar surface area (TPSA) is 68.0 Å². The van der Waals surface area contributed by atoms with Crippen molar-refractivity contribution in [2.24, 2.45) is 0 Å². The zero-order chi connectivity index (χ0) is 21.5. The Morgan fingerprint density at radius 2 is 2.00 bits per heavy atom. The third kappa shape index (κ3) is 3.68. The predicted octanol–water partition coefficient (Wildman–Crippen LogP) is 5.85. The van der Waals surface area contributed by atoms with Gasteiger partial charge in [0.2, 0.25) is 0 Å². The summed E-state index contributed by atoms with van der Waals surface area (Å²) in [4.78, 5) is 18.9. The normalized spacial score (nSPS) is 15.6. The molecule has 0 radical (unpaired) electrons. The van der Waals surface area contributed by atoms with E-state index in [0.29, 0.717) is 22.2 Å². The summed E-state index contributed by atoms with van der Waals surface area (Å²) in [5.74, 6) is -0.270. The first-order valence-corrected chi connectivity index (χ1v) is 11.1. The van der Waals surface area contributed by atoms with Gasteiger partial charge in [0.1, 0.15) is 15.5 Å². The van der Waals surface area contributed by atoms with Gasteiger partial charge in [-0.15, -0.1) is 11.3 Å². The molecule has 0 saturated heterocycles. The molecule has 1 amide bonds. The number of nitrogens with two attached hydrogens (primary N) is 1. The Morgan fingerprint density at radius 3 is 2.81 bits per heavy atom. The SMILES string of the molecule is Cc1ccc(F)cc1NC(=O)c1sc2nc3c(cc2c1N)CC(c1ccccc1)CC3. The number of anilines is 2. The number of thiophene rings is 1. The summed E-state index contributed by atoms with van der Waals surface area (Å²) >= 11 is 1.29. The molecule has 5 rings (SSSR count). The van der Waals surface area contributed by atoms with Gasteiger partial charge in [-0.3, -0.25) is 4.79 Å². The lowest BCUT2D eigenvalue weighted by molar-refractivity contribution is 0.103. The van der Waals surface area contributed by atoms with E-state index in [4.69, 9.17) is 10.7 Å². The van der Waals surface area contributed by atoms with Crippen molar-refractivity contribution >= 4 is 38.8 Å². The number of halogens is 1. The van der Waals surface area contributed by atoms with Crippen LogP contribution in [0.15, 0.2) is 54.6 Å². The fourth-order valence-corrected chi connectivity index (χ4v) is 5.27. The molecule has 0 bridgehead atoms. The van der Waals surface area contributed by atoms with Crippen LogP contribution in [0.4, 0.5) is 15.8 Å². The lowest BCUT2D eigenvalue weighted by atomic mass is 9.82. The molecule has 0 aliphatic heterocycles. The van der Waals surface area contributed by atoms with Crippen LogP contribution >= 0.6 is 11.3 Å². The third-order valence-corrected chi connectivity index (χ3v) is 7.12. The summed E-state index contributed by atoms with van der Waals surface area (Å²) in [6.45, 7) is 1.82. The summed E-state index contributed by atoms with van der Waals surface area (Å²) < 4.78 is 13.6. The summed E-state index contributed by atoms with van der Waals surface area (Å²) in [5, 5.41) is 3.61. The average molecular weight is 432 g/mol. The highest BCUT2D eigenvalue weighted by molar-refractivity contribution is 7.21. The largest absolute Gasteiger partial charge is 0.397 e. The molecule has 0 saturated carbocycles. The van der Waals surface area contributed by atoms with Gasteiger partial charge in [-0.05, 0) is 67.0 Å². The highest BCUT2D eigenvalue weighted by atomic mass is 32.1. The van der Waals surface area contributed by atoms with E-state index < -0.39 is 5.82 Å². The smallest absolute Gasteiger partial charge is 0.267 e. The highest BCUT2D eigenvalue weighted by Gasteiger charge is 2.24. The number of carbonyl (C=O) groups excluding carboxylic acids is 1. The van der Waals surface area contributed by atoms with Crippen LogP contribution < -0.4 is 11.1 Å². The Morgan fingerprint density at radius 1 is 1.19 bits per heavy atom. The molecule has 1 aliphatic rings. The van der Waals surface area contributed by atoms with Gasteiger partial charge in [0.05, 0.1) is 5.69 Å². The molecule has 2 aromatic heterocycles. The van der Waals surface area contributed by atoms with Gasteiger partial charge in [0.25, 0.3) is 5.91 Å². The predicted molar refractivity (Wildman–Crippen MR) is 124 cm³/mol. The van der Waals surface area contributed by atoms with Crippen LogP contribution in [0.25, 0.3) is 10.2 Å². The number of nitrogens with one attached hydrogen (secondary N) is 1. The van der Waals surface area contributed by atoms with Crippen LogP contribution in [0.1, 0.15) is 44.4 Å². The molecule has 0 fully saturated rings. The van der Waals surface area contributed by atoms with E-state index in [-0.39, 0.29) is 5.91 Å². The van der Waals surface area contributed by atoms with Crippen molar-refractivity contribution < 1.29 is 9.18 Å². The molecule has 1 aliphatic carbocycles. The Hall–Kier alpha value is -3.25. The lowest BCUT2D eigenvalue weighted by Crippen LogP contribution is -2.14. The number of amides is 1. The summed E-state index contributed by atoms with van der Waals surface area (Å²) in [6.07, 6.45) is 2.89. The van der Waals surface area contributed by atoms with Crippen LogP contribution in [0, 0.1) is 12.7 Å². The summed E-state index contributed by atoms with van der Waals surface area (Å²) in [7, 11) is 0. The fraction of sp³-hybridized carbons (Fsp3) is 0.200. The second-order valence-corrected chi connectivity index (χ2v) is 9.05. The molecule has 3 N–H and O–H groups in total. The number of benzene rings is 2. The monoisotopic (exact) mass is 431 g/mol. The summed E-state index contributed by atoms with van der Waals surface area (Å²) in [6, 6.07) is 17.0. The lowest BCUT2D eigenvalue weighted by Gasteiger charge is -2.24. The van der Waals surface area contributed by atoms with Crippen LogP contribution in [-0.4, -0.2) is 10.9 Å². The van der Waals surface area contributed by atoms with E-state index in [0.717, 1.165) is 40.7 Å². The van der Waals surface area contributed by atoms with Gasteiger partial charge in [0, 0.05) is 16.8 Å². The van der Waals surface area contributed by atoms with Crippen molar-refractivity contribution in [3.05, 3.63) is 87.7 Å². The molecular formula is C25H22FN3OS. The van der Waals surface area contributed by atoms with Gasteiger partial charge in [-0.1, -0.05) is 36.4 Å². The van der Waals surface area contributed by atoms with E-state index in [9.17, 15) is 9.18 Å². The first-order chi connectivity index (χ1) is 15.0. The second kappa shape index (κ2) is 7.78. The van der Waals surface area contributed by atoms with Crippen molar-refractivity contribution in [2.45, 2.75) is 32.1 Å². The van der Waals surface area contributed by atoms with Crippen molar-refractivity contribution in [3.8, 4) is 0 Å². The standard InChI is InChI=1S/C25H22FN3OS/c1-14-7-9-18(26)13-21(14)28-24(30)23-22(27)19-12-17-11-16(15-5-3-2-4-6-15)8-10-20(17)29-25(19)31-23/h2-7,9,12-13,16H,8,10-11,27H2,1H3,(H,28,30). The van der Waals surface area contributed by atoms with Gasteiger partial charge in [-0.25, -0.2) is 9.37 Å². The van der Waals surface area contributed by atoms with Crippen LogP contribution in [-0.2, 0) is 12.8 Å². The summed E-state index contributed by atoms with van der Waals surface area (Å²) in [5.41, 5.74) is 11.7. The van der Waals surface area contributed by atoms with E-state index in [2.05, 4.69) is 35.6 Å². The minimum atomic E-state index is -0.396. The Kier molecular flexibility index (Phi) is 4.94. The van der Waals surface area contributed by atoms with Crippen LogP contribution in [0.5, 0.6) is 0 Å². The van der Waals surface area contributed by atoms with Crippen LogP contribution in [0.3, 0.4) is 0 Å². The number of aromatic nitrogens is 1. The number of nitrogen functional groups attached to an aromatic ring is 1. The zero-order valence-corrected chi connectivity index (χ0v) is 17.9. The van der Waals surface area contributed by atoms with E-state index in [1.54, 1.807) is 6.07 Å². The number of nitrogens with zero attached hydrogens (tertiary/aromatic N) is 1. The highest BCUT2D eigenvalue weighted by Crippen LogP contribution is 2.38. The molecule has 1 atom stereocenters. The molecule has 4 aromatic rings. The Bertz CT molecular complexity index is 1300. The van der Waals surface area contributed by atoms with Gasteiger partial charge < -0.3 is 11.1 Å². The number of fused-ring (bicyclic) bond motifs is 2. The maximum absolute atomic E-state index is 13.6. The molecular weight excluding hydrogens is 409 g/mol. The molecule has 4 nitrogen and oxygen atoms in total. The molecule has 2 heterocycles. The minimum Gasteiger partial charge on any atom is -0.397 e. The van der Waals surface area contributed by atoms with Crippen molar-refractivity contribution in [2.75, 3.05) is 11.1 Å². The number of pyridine rings is 1. The number of hydrogen-bond donors (Lipinski definition) is 2. The number of aryl methyl sites for hydroxylation is 2. The van der Waals surface area contributed by atoms with E-state index in [1.165, 1.54) is 34.6 Å². The quantitative estimate of drug-likeness (QED) is 0.427. The number of carbonyl (C=O) groups is 1. The number of hydrogen-bond acceptors (Lipinski definition) is 4. The zero-order valence-electron chi connectivity index (χ0n) is 17.1. The first kappa shape index (κ1) is 19.7. The van der Waals surface area contributed by atoms with Crippen molar-refractivity contribution in [1.82, 2.24) is 4.98 Å². The Balaban J connectivity index is 1.46. The van der Waals surface area contributed by atoms with Gasteiger partial charge in [-0.2, -0.15) is 0 Å². The average Bonchev–Trinajstić information content (AvgIpc) is 3.10. The van der Waals surface area contributed by atoms with Crippen LogP contribution in [0.2, 0.25) is 0 Å². The maximum Gasteiger partial charge on any atom is 0.267 e. The van der Waals surface area contributed by atoms with Gasteiger partial charge >= 0.3 is 0 Å². The fourth-order valence-electron chi connectivity index (χ4n) is 4.28. The Labute approximate surface area is 183 Å². The molecule has 6 heteroatoms. The van der Waals surface area contributed by atoms with Crippen molar-refractivity contribution in [3.63, 3.8) is 0 Å². The molecule has 31 heavy (non-hydrogen) atoms. The maximum atomic E-state index is 13.6. The van der Waals surface area contributed by atoms with E-state index >= 15 is 0 Å². The molecule has 2 aromatic carbocycles. The van der Waals surface area contributed by atoms with E-state index in [1.807, 2.05) is 13.0 Å². The minimum absolute atomic E-state index is 0.339. The third-order valence-electron chi connectivity index (χ3n) is 6.01. The second-order valence-electron chi connectivity index (χ2n) is 8.06. The molecule has 1 unspecified atom stereocenters. The van der Waals surface area contributed by atoms with Crippen molar-refractivity contribution in [1.29, 1.82) is 0 Å². The first-order valence-electron chi connectivity index (χ1n) is 10.3. The molecule has 0 spiro atoms. The molecule has 156 valence electrons.